The van der Waals surface area contributed by atoms with Crippen LogP contribution in [0.5, 0.6) is 5.75 Å². The molecule has 3 rings (SSSR count). The highest BCUT2D eigenvalue weighted by atomic mass is 32.2. The Hall–Kier alpha value is -3.29. The Morgan fingerprint density at radius 3 is 1.79 bits per heavy atom. The number of esters is 1. The number of carbonyl (C=O) groups is 2. The van der Waals surface area contributed by atoms with E-state index in [-0.39, 0.29) is 22.0 Å². The number of rotatable bonds is 6. The van der Waals surface area contributed by atoms with Crippen LogP contribution in [-0.2, 0) is 10.0 Å². The van der Waals surface area contributed by atoms with Gasteiger partial charge in [0.2, 0.25) is 10.0 Å². The minimum absolute atomic E-state index is 0.0860. The third-order valence-electron chi connectivity index (χ3n) is 4.23. The number of hydrogen-bond donors (Lipinski definition) is 0. The number of ether oxygens (including phenoxy) is 1. The van der Waals surface area contributed by atoms with E-state index in [0.717, 1.165) is 4.31 Å². The summed E-state index contributed by atoms with van der Waals surface area (Å²) in [6, 6.07) is 20.6. The molecule has 0 fully saturated rings. The smallest absolute Gasteiger partial charge is 0.343 e. The first kappa shape index (κ1) is 20.4. The monoisotopic (exact) mass is 409 g/mol. The van der Waals surface area contributed by atoms with Crippen molar-refractivity contribution in [1.29, 1.82) is 0 Å². The van der Waals surface area contributed by atoms with Crippen LogP contribution in [0, 0.1) is 0 Å². The second-order valence-corrected chi connectivity index (χ2v) is 8.57. The molecule has 3 aromatic carbocycles. The van der Waals surface area contributed by atoms with Gasteiger partial charge in [-0.25, -0.2) is 17.5 Å². The Morgan fingerprint density at radius 2 is 1.24 bits per heavy atom. The third-order valence-corrected chi connectivity index (χ3v) is 6.06. The second kappa shape index (κ2) is 8.38. The number of carbonyl (C=O) groups excluding carboxylic acids is 2. The molecule has 0 radical (unpaired) electrons. The van der Waals surface area contributed by atoms with Gasteiger partial charge in [0, 0.05) is 25.2 Å². The molecule has 0 saturated carbocycles. The van der Waals surface area contributed by atoms with E-state index in [9.17, 15) is 18.0 Å². The minimum atomic E-state index is -3.56. The molecule has 0 aliphatic rings. The molecule has 7 heteroatoms. The van der Waals surface area contributed by atoms with E-state index in [0.29, 0.717) is 11.1 Å². The van der Waals surface area contributed by atoms with E-state index in [1.54, 1.807) is 48.5 Å². The Kier molecular flexibility index (Phi) is 5.91. The molecule has 0 heterocycles. The Morgan fingerprint density at radius 1 is 0.724 bits per heavy atom. The Balaban J connectivity index is 1.70. The maximum absolute atomic E-state index is 12.4. The summed E-state index contributed by atoms with van der Waals surface area (Å²) in [6.45, 7) is 0. The zero-order chi connectivity index (χ0) is 21.0. The normalized spacial score (nSPS) is 11.3. The lowest BCUT2D eigenvalue weighted by molar-refractivity contribution is 0.0734. The average Bonchev–Trinajstić information content (AvgIpc) is 2.74. The molecule has 0 atom stereocenters. The van der Waals surface area contributed by atoms with Crippen LogP contribution in [0.2, 0.25) is 0 Å². The molecule has 0 aliphatic carbocycles. The van der Waals surface area contributed by atoms with Crippen LogP contribution in [0.1, 0.15) is 26.3 Å². The molecule has 0 bridgehead atoms. The van der Waals surface area contributed by atoms with E-state index in [1.165, 1.54) is 38.4 Å². The summed E-state index contributed by atoms with van der Waals surface area (Å²) in [5, 5.41) is 0. The van der Waals surface area contributed by atoms with Crippen molar-refractivity contribution in [2.75, 3.05) is 14.1 Å². The van der Waals surface area contributed by atoms with Crippen molar-refractivity contribution in [1.82, 2.24) is 4.31 Å². The topological polar surface area (TPSA) is 80.8 Å². The van der Waals surface area contributed by atoms with Gasteiger partial charge in [-0.2, -0.15) is 0 Å². The van der Waals surface area contributed by atoms with Crippen LogP contribution in [0.15, 0.2) is 83.8 Å². The summed E-state index contributed by atoms with van der Waals surface area (Å²) < 4.78 is 30.6. The fourth-order valence-corrected chi connectivity index (χ4v) is 3.47. The van der Waals surface area contributed by atoms with Gasteiger partial charge in [0.25, 0.3) is 0 Å². The molecular weight excluding hydrogens is 390 g/mol. The van der Waals surface area contributed by atoms with Crippen LogP contribution in [0.3, 0.4) is 0 Å². The van der Waals surface area contributed by atoms with Crippen LogP contribution in [0.25, 0.3) is 0 Å². The van der Waals surface area contributed by atoms with E-state index in [4.69, 9.17) is 4.74 Å². The first-order valence-corrected chi connectivity index (χ1v) is 10.2. The summed E-state index contributed by atoms with van der Waals surface area (Å²) >= 11 is 0. The van der Waals surface area contributed by atoms with Crippen molar-refractivity contribution in [2.45, 2.75) is 4.90 Å². The van der Waals surface area contributed by atoms with Gasteiger partial charge in [-0.1, -0.05) is 30.3 Å². The van der Waals surface area contributed by atoms with Crippen LogP contribution >= 0.6 is 0 Å². The fourth-order valence-electron chi connectivity index (χ4n) is 2.57. The van der Waals surface area contributed by atoms with Crippen molar-refractivity contribution in [3.63, 3.8) is 0 Å². The maximum Gasteiger partial charge on any atom is 0.343 e. The predicted octanol–water partition coefficient (Wildman–Crippen LogP) is 3.39. The van der Waals surface area contributed by atoms with Crippen molar-refractivity contribution in [3.05, 3.63) is 95.6 Å². The molecule has 148 valence electrons. The summed E-state index contributed by atoms with van der Waals surface area (Å²) in [5.41, 5.74) is 1.27. The lowest BCUT2D eigenvalue weighted by Crippen LogP contribution is -2.22. The molecule has 0 spiro atoms. The fraction of sp³-hybridized carbons (Fsp3) is 0.0909. The summed E-state index contributed by atoms with van der Waals surface area (Å²) in [4.78, 5) is 24.8. The predicted molar refractivity (Wildman–Crippen MR) is 109 cm³/mol. The molecule has 0 aromatic heterocycles. The average molecular weight is 409 g/mol. The van der Waals surface area contributed by atoms with Gasteiger partial charge >= 0.3 is 5.97 Å². The van der Waals surface area contributed by atoms with Gasteiger partial charge in [-0.3, -0.25) is 4.79 Å². The summed E-state index contributed by atoms with van der Waals surface area (Å²) in [5.74, 6) is -0.466. The highest BCUT2D eigenvalue weighted by molar-refractivity contribution is 7.89. The largest absolute Gasteiger partial charge is 0.423 e. The third kappa shape index (κ3) is 4.59. The second-order valence-electron chi connectivity index (χ2n) is 6.42. The first-order valence-electron chi connectivity index (χ1n) is 8.73. The van der Waals surface area contributed by atoms with Crippen molar-refractivity contribution in [2.24, 2.45) is 0 Å². The standard InChI is InChI=1S/C22H19NO5S/c1-23(2)29(26,27)20-14-10-18(11-15-20)22(25)28-19-12-8-17(9-13-19)21(24)16-6-4-3-5-7-16/h3-15H,1-2H3. The van der Waals surface area contributed by atoms with Crippen molar-refractivity contribution < 1.29 is 22.7 Å². The Labute approximate surface area is 169 Å². The Bertz CT molecular complexity index is 1120. The summed E-state index contributed by atoms with van der Waals surface area (Å²) in [6.07, 6.45) is 0. The van der Waals surface area contributed by atoms with Gasteiger partial charge in [0.05, 0.1) is 10.5 Å². The molecule has 3 aromatic rings. The van der Waals surface area contributed by atoms with Gasteiger partial charge in [-0.05, 0) is 48.5 Å². The molecule has 6 nitrogen and oxygen atoms in total. The van der Waals surface area contributed by atoms with Gasteiger partial charge in [0.15, 0.2) is 5.78 Å². The quantitative estimate of drug-likeness (QED) is 0.354. The summed E-state index contributed by atoms with van der Waals surface area (Å²) in [7, 11) is -0.696. The molecule has 0 N–H and O–H groups in total. The van der Waals surface area contributed by atoms with Gasteiger partial charge in [0.1, 0.15) is 5.75 Å². The number of benzene rings is 3. The van der Waals surface area contributed by atoms with E-state index < -0.39 is 16.0 Å². The SMILES string of the molecule is CN(C)S(=O)(=O)c1ccc(C(=O)Oc2ccc(C(=O)c3ccccc3)cc2)cc1. The first-order chi connectivity index (χ1) is 13.8. The molecule has 0 amide bonds. The zero-order valence-electron chi connectivity index (χ0n) is 15.9. The number of ketones is 1. The van der Waals surface area contributed by atoms with Crippen LogP contribution in [-0.4, -0.2) is 38.6 Å². The molecule has 0 unspecified atom stereocenters. The molecular formula is C22H19NO5S. The minimum Gasteiger partial charge on any atom is -0.423 e. The van der Waals surface area contributed by atoms with Crippen LogP contribution in [0.4, 0.5) is 0 Å². The zero-order valence-corrected chi connectivity index (χ0v) is 16.7. The molecule has 29 heavy (non-hydrogen) atoms. The maximum atomic E-state index is 12.4. The van der Waals surface area contributed by atoms with Crippen LogP contribution < -0.4 is 4.74 Å². The molecule has 0 saturated heterocycles. The van der Waals surface area contributed by atoms with Crippen molar-refractivity contribution in [3.8, 4) is 5.75 Å². The highest BCUT2D eigenvalue weighted by Crippen LogP contribution is 2.18. The lowest BCUT2D eigenvalue weighted by atomic mass is 10.0. The number of sulfonamides is 1. The lowest BCUT2D eigenvalue weighted by Gasteiger charge is -2.11. The van der Waals surface area contributed by atoms with E-state index in [1.807, 2.05) is 6.07 Å². The molecule has 0 aliphatic heterocycles. The highest BCUT2D eigenvalue weighted by Gasteiger charge is 2.18. The van der Waals surface area contributed by atoms with E-state index in [2.05, 4.69) is 0 Å². The van der Waals surface area contributed by atoms with Gasteiger partial charge < -0.3 is 4.74 Å². The number of nitrogens with zero attached hydrogens (tertiary/aromatic N) is 1. The number of hydrogen-bond acceptors (Lipinski definition) is 5. The van der Waals surface area contributed by atoms with E-state index >= 15 is 0 Å². The van der Waals surface area contributed by atoms with Gasteiger partial charge in [-0.15, -0.1) is 0 Å². The van der Waals surface area contributed by atoms with Crippen molar-refractivity contribution >= 4 is 21.8 Å².